The van der Waals surface area contributed by atoms with Crippen molar-refractivity contribution in [2.45, 2.75) is 18.9 Å². The number of ether oxygens (including phenoxy) is 1. The molecule has 1 atom stereocenters. The molecule has 1 aromatic rings. The van der Waals surface area contributed by atoms with E-state index in [2.05, 4.69) is 0 Å². The molecule has 0 unspecified atom stereocenters. The summed E-state index contributed by atoms with van der Waals surface area (Å²) < 4.78 is 18.4. The second kappa shape index (κ2) is 6.57. The maximum Gasteiger partial charge on any atom is 0.145 e. The Bertz CT molecular complexity index is 411. The zero-order chi connectivity index (χ0) is 12.4. The van der Waals surface area contributed by atoms with E-state index in [0.29, 0.717) is 18.8 Å². The van der Waals surface area contributed by atoms with E-state index in [1.54, 1.807) is 0 Å². The molecule has 1 saturated heterocycles. The molecule has 0 amide bonds. The highest BCUT2D eigenvalue weighted by Crippen LogP contribution is 2.37. The minimum absolute atomic E-state index is 0. The molecule has 102 valence electrons. The van der Waals surface area contributed by atoms with Crippen molar-refractivity contribution < 1.29 is 14.2 Å². The summed E-state index contributed by atoms with van der Waals surface area (Å²) in [4.78, 5) is 0. The highest BCUT2D eigenvalue weighted by molar-refractivity contribution is 6.32. The molecule has 3 nitrogen and oxygen atoms in total. The molecule has 6 heteroatoms. The van der Waals surface area contributed by atoms with Crippen molar-refractivity contribution >= 4 is 24.0 Å². The van der Waals surface area contributed by atoms with Crippen LogP contribution in [0.3, 0.4) is 0 Å². The smallest absolute Gasteiger partial charge is 0.145 e. The molecule has 1 heterocycles. The van der Waals surface area contributed by atoms with Gasteiger partial charge < -0.3 is 15.6 Å². The van der Waals surface area contributed by atoms with Gasteiger partial charge in [0, 0.05) is 24.8 Å². The largest absolute Gasteiger partial charge is 0.506 e. The van der Waals surface area contributed by atoms with Crippen molar-refractivity contribution in [2.75, 3.05) is 13.2 Å². The number of hydrogen-bond donors (Lipinski definition) is 2. The topological polar surface area (TPSA) is 55.5 Å². The summed E-state index contributed by atoms with van der Waals surface area (Å²) in [6, 6.07) is 2.39. The van der Waals surface area contributed by atoms with Crippen LogP contribution in [-0.4, -0.2) is 18.3 Å². The van der Waals surface area contributed by atoms with Crippen molar-refractivity contribution in [2.24, 2.45) is 11.7 Å². The van der Waals surface area contributed by atoms with E-state index < -0.39 is 5.82 Å². The SMILES string of the molecule is Cl.N[C@H](c1ccc(F)c(Cl)c1O)C1CCOCC1. The predicted molar refractivity (Wildman–Crippen MR) is 70.8 cm³/mol. The van der Waals surface area contributed by atoms with Gasteiger partial charge in [0.25, 0.3) is 0 Å². The fourth-order valence-electron chi connectivity index (χ4n) is 2.15. The molecule has 1 fully saturated rings. The summed E-state index contributed by atoms with van der Waals surface area (Å²) in [6.45, 7) is 1.35. The monoisotopic (exact) mass is 295 g/mol. The highest BCUT2D eigenvalue weighted by atomic mass is 35.5. The lowest BCUT2D eigenvalue weighted by Crippen LogP contribution is -2.27. The number of aromatic hydroxyl groups is 1. The van der Waals surface area contributed by atoms with Gasteiger partial charge in [0.05, 0.1) is 0 Å². The van der Waals surface area contributed by atoms with Gasteiger partial charge in [-0.25, -0.2) is 4.39 Å². The van der Waals surface area contributed by atoms with Crippen LogP contribution in [0.25, 0.3) is 0 Å². The van der Waals surface area contributed by atoms with E-state index in [0.717, 1.165) is 12.8 Å². The quantitative estimate of drug-likeness (QED) is 0.882. The van der Waals surface area contributed by atoms with Gasteiger partial charge in [0.2, 0.25) is 0 Å². The Morgan fingerprint density at radius 1 is 1.39 bits per heavy atom. The van der Waals surface area contributed by atoms with E-state index in [4.69, 9.17) is 22.1 Å². The molecule has 1 aromatic carbocycles. The van der Waals surface area contributed by atoms with Crippen LogP contribution >= 0.6 is 24.0 Å². The molecule has 0 aliphatic carbocycles. The van der Waals surface area contributed by atoms with Crippen molar-refractivity contribution in [1.29, 1.82) is 0 Å². The summed E-state index contributed by atoms with van der Waals surface area (Å²) in [5.74, 6) is -0.645. The third-order valence-corrected chi connectivity index (χ3v) is 3.59. The van der Waals surface area contributed by atoms with Crippen LogP contribution in [0.5, 0.6) is 5.75 Å². The molecular formula is C12H16Cl2FNO2. The lowest BCUT2D eigenvalue weighted by molar-refractivity contribution is 0.0581. The molecule has 3 N–H and O–H groups in total. The van der Waals surface area contributed by atoms with Gasteiger partial charge in [0.15, 0.2) is 0 Å². The fraction of sp³-hybridized carbons (Fsp3) is 0.500. The molecule has 2 rings (SSSR count). The zero-order valence-corrected chi connectivity index (χ0v) is 11.3. The number of rotatable bonds is 2. The lowest BCUT2D eigenvalue weighted by Gasteiger charge is -2.28. The van der Waals surface area contributed by atoms with Crippen molar-refractivity contribution in [3.8, 4) is 5.75 Å². The third-order valence-electron chi connectivity index (χ3n) is 3.23. The summed E-state index contributed by atoms with van der Waals surface area (Å²) in [7, 11) is 0. The number of nitrogens with two attached hydrogens (primary N) is 1. The van der Waals surface area contributed by atoms with E-state index >= 15 is 0 Å². The van der Waals surface area contributed by atoms with Gasteiger partial charge >= 0.3 is 0 Å². The fourth-order valence-corrected chi connectivity index (χ4v) is 2.32. The predicted octanol–water partition coefficient (Wildman–Crippen LogP) is 3.03. The first-order valence-electron chi connectivity index (χ1n) is 5.61. The van der Waals surface area contributed by atoms with Crippen molar-refractivity contribution in [1.82, 2.24) is 0 Å². The maximum atomic E-state index is 13.1. The van der Waals surface area contributed by atoms with Gasteiger partial charge in [-0.15, -0.1) is 12.4 Å². The van der Waals surface area contributed by atoms with Crippen LogP contribution in [-0.2, 0) is 4.74 Å². The minimum atomic E-state index is -0.632. The Balaban J connectivity index is 0.00000162. The average Bonchev–Trinajstić information content (AvgIpc) is 2.36. The standard InChI is InChI=1S/C12H15ClFNO2.ClH/c13-10-9(14)2-1-8(12(10)16)11(15)7-3-5-17-6-4-7;/h1-2,7,11,16H,3-6,15H2;1H/t11-;/m0./s1. The molecule has 0 radical (unpaired) electrons. The number of phenolic OH excluding ortho intramolecular Hbond substituents is 1. The summed E-state index contributed by atoms with van der Waals surface area (Å²) in [5.41, 5.74) is 6.60. The number of benzene rings is 1. The Kier molecular flexibility index (Phi) is 5.66. The third kappa shape index (κ3) is 3.06. The van der Waals surface area contributed by atoms with E-state index in [9.17, 15) is 9.50 Å². The second-order valence-electron chi connectivity index (χ2n) is 4.27. The highest BCUT2D eigenvalue weighted by Gasteiger charge is 2.25. The van der Waals surface area contributed by atoms with Crippen molar-refractivity contribution in [3.05, 3.63) is 28.5 Å². The molecular weight excluding hydrogens is 280 g/mol. The Hall–Kier alpha value is -0.550. The summed E-state index contributed by atoms with van der Waals surface area (Å²) in [6.07, 6.45) is 1.69. The van der Waals surface area contributed by atoms with Crippen LogP contribution in [0.1, 0.15) is 24.4 Å². The van der Waals surface area contributed by atoms with Gasteiger partial charge in [-0.1, -0.05) is 17.7 Å². The average molecular weight is 296 g/mol. The first kappa shape index (κ1) is 15.5. The molecule has 0 saturated carbocycles. The van der Waals surface area contributed by atoms with E-state index in [1.807, 2.05) is 0 Å². The summed E-state index contributed by atoms with van der Waals surface area (Å²) >= 11 is 5.66. The second-order valence-corrected chi connectivity index (χ2v) is 4.65. The van der Waals surface area contributed by atoms with E-state index in [1.165, 1.54) is 12.1 Å². The molecule has 1 aliphatic heterocycles. The molecule has 1 aliphatic rings. The first-order chi connectivity index (χ1) is 8.11. The number of halogens is 3. The Morgan fingerprint density at radius 3 is 2.61 bits per heavy atom. The molecule has 0 aromatic heterocycles. The molecule has 18 heavy (non-hydrogen) atoms. The maximum absolute atomic E-state index is 13.1. The Morgan fingerprint density at radius 2 is 2.00 bits per heavy atom. The normalized spacial score (nSPS) is 18.2. The molecule has 0 bridgehead atoms. The first-order valence-corrected chi connectivity index (χ1v) is 5.99. The van der Waals surface area contributed by atoms with Gasteiger partial charge in [-0.05, 0) is 24.8 Å². The van der Waals surface area contributed by atoms with Gasteiger partial charge in [0.1, 0.15) is 16.6 Å². The van der Waals surface area contributed by atoms with Crippen LogP contribution in [0.15, 0.2) is 12.1 Å². The van der Waals surface area contributed by atoms with Crippen LogP contribution in [0.2, 0.25) is 5.02 Å². The number of phenols is 1. The minimum Gasteiger partial charge on any atom is -0.506 e. The van der Waals surface area contributed by atoms with Crippen LogP contribution in [0, 0.1) is 11.7 Å². The van der Waals surface area contributed by atoms with Crippen LogP contribution < -0.4 is 5.73 Å². The van der Waals surface area contributed by atoms with Gasteiger partial charge in [-0.3, -0.25) is 0 Å². The van der Waals surface area contributed by atoms with Crippen molar-refractivity contribution in [3.63, 3.8) is 0 Å². The number of hydrogen-bond acceptors (Lipinski definition) is 3. The lowest BCUT2D eigenvalue weighted by atomic mass is 9.87. The van der Waals surface area contributed by atoms with Gasteiger partial charge in [-0.2, -0.15) is 0 Å². The molecule has 0 spiro atoms. The van der Waals surface area contributed by atoms with Crippen LogP contribution in [0.4, 0.5) is 4.39 Å². The summed E-state index contributed by atoms with van der Waals surface area (Å²) in [5, 5.41) is 9.54. The Labute approximate surface area is 116 Å². The zero-order valence-electron chi connectivity index (χ0n) is 9.73. The van der Waals surface area contributed by atoms with E-state index in [-0.39, 0.29) is 35.1 Å².